The van der Waals surface area contributed by atoms with E-state index in [2.05, 4.69) is 0 Å². The van der Waals surface area contributed by atoms with Crippen molar-refractivity contribution in [3.8, 4) is 0 Å². The number of carboxylic acids is 1. The highest BCUT2D eigenvalue weighted by Crippen LogP contribution is 2.10. The predicted molar refractivity (Wildman–Crippen MR) is 106 cm³/mol. The molecule has 0 aliphatic carbocycles. The zero-order chi connectivity index (χ0) is 20.3. The van der Waals surface area contributed by atoms with E-state index >= 15 is 0 Å². The first kappa shape index (κ1) is 22.8. The van der Waals surface area contributed by atoms with E-state index in [0.717, 1.165) is 6.92 Å². The number of aliphatic carboxylic acids is 1. The van der Waals surface area contributed by atoms with Crippen molar-refractivity contribution in [3.05, 3.63) is 60.7 Å². The molecule has 0 saturated heterocycles. The molecule has 1 atom stereocenters. The van der Waals surface area contributed by atoms with Gasteiger partial charge in [-0.1, -0.05) is 60.7 Å². The lowest BCUT2D eigenvalue weighted by molar-refractivity contribution is -0.143. The lowest BCUT2D eigenvalue weighted by Gasteiger charge is -2.29. The molecule has 2 aromatic rings. The van der Waals surface area contributed by atoms with Crippen molar-refractivity contribution in [2.75, 3.05) is 12.5 Å². The fourth-order valence-electron chi connectivity index (χ4n) is 2.19. The highest BCUT2D eigenvalue weighted by atomic mass is 35.5. The van der Waals surface area contributed by atoms with E-state index in [0.29, 0.717) is 10.4 Å². The molecule has 0 aromatic heterocycles. The first-order valence-corrected chi connectivity index (χ1v) is 10.6. The van der Waals surface area contributed by atoms with Gasteiger partial charge in [0.2, 0.25) is 0 Å². The molecule has 1 unspecified atom stereocenters. The average molecular weight is 411 g/mol. The van der Waals surface area contributed by atoms with E-state index in [1.165, 1.54) is 6.92 Å². The third kappa shape index (κ3) is 7.92. The first-order chi connectivity index (χ1) is 12.8. The van der Waals surface area contributed by atoms with Crippen LogP contribution in [0.4, 0.5) is 0 Å². The van der Waals surface area contributed by atoms with Gasteiger partial charge < -0.3 is 19.1 Å². The Balaban J connectivity index is 0.000000828. The van der Waals surface area contributed by atoms with Gasteiger partial charge in [-0.25, -0.2) is 0 Å². The summed E-state index contributed by atoms with van der Waals surface area (Å²) in [4.78, 5) is 31.3. The Bertz CT molecular complexity index is 667. The molecule has 0 radical (unpaired) electrons. The second-order valence-corrected chi connectivity index (χ2v) is 8.58. The van der Waals surface area contributed by atoms with Crippen LogP contribution in [0.1, 0.15) is 13.8 Å². The van der Waals surface area contributed by atoms with Crippen molar-refractivity contribution in [1.82, 2.24) is 0 Å². The number of hydrogen-bond donors (Lipinski definition) is 2. The van der Waals surface area contributed by atoms with Crippen molar-refractivity contribution >= 4 is 42.5 Å². The third-order valence-corrected chi connectivity index (χ3v) is 6.56. The Hall–Kier alpha value is -2.19. The van der Waals surface area contributed by atoms with Crippen molar-refractivity contribution in [2.24, 2.45) is 0 Å². The number of rotatable bonds is 7. The summed E-state index contributed by atoms with van der Waals surface area (Å²) in [5, 5.41) is 8.84. The Morgan fingerprint density at radius 3 is 1.74 bits per heavy atom. The lowest BCUT2D eigenvalue weighted by atomic mass is 10.4. The normalized spacial score (nSPS) is 11.7. The maximum absolute atomic E-state index is 11.3. The highest BCUT2D eigenvalue weighted by molar-refractivity contribution is 6.91. The van der Waals surface area contributed by atoms with Crippen LogP contribution in [0, 0.1) is 0 Å². The number of alkyl halides is 1. The Morgan fingerprint density at radius 2 is 1.41 bits per heavy atom. The number of carbonyl (C=O) groups excluding carboxylic acids is 1. The van der Waals surface area contributed by atoms with Crippen LogP contribution in [-0.2, 0) is 18.8 Å². The van der Waals surface area contributed by atoms with Crippen LogP contribution in [0.2, 0.25) is 0 Å². The van der Waals surface area contributed by atoms with Crippen molar-refractivity contribution in [1.29, 1.82) is 0 Å². The van der Waals surface area contributed by atoms with Gasteiger partial charge in [0, 0.05) is 13.8 Å². The highest BCUT2D eigenvalue weighted by Gasteiger charge is 2.41. The molecule has 2 N–H and O–H groups in total. The third-order valence-electron chi connectivity index (χ3n) is 3.31. The molecule has 0 amide bonds. The number of carbonyl (C=O) groups is 2. The summed E-state index contributed by atoms with van der Waals surface area (Å²) in [6, 6.07) is 18.5. The summed E-state index contributed by atoms with van der Waals surface area (Å²) in [5.41, 5.74) is 0. The summed E-state index contributed by atoms with van der Waals surface area (Å²) in [6.07, 6.45) is -0.586. The van der Waals surface area contributed by atoms with Crippen molar-refractivity contribution < 1.29 is 28.7 Å². The molecule has 2 aromatic carbocycles. The molecule has 8 heteroatoms. The molecule has 0 spiro atoms. The molecule has 6 nitrogen and oxygen atoms in total. The Labute approximate surface area is 164 Å². The molecule has 0 heterocycles. The van der Waals surface area contributed by atoms with E-state index in [-0.39, 0.29) is 12.5 Å². The minimum Gasteiger partial charge on any atom is -0.481 e. The number of halogens is 1. The molecule has 0 aliphatic rings. The molecule has 2 rings (SSSR count). The van der Waals surface area contributed by atoms with Gasteiger partial charge in [0.25, 0.3) is 5.97 Å². The summed E-state index contributed by atoms with van der Waals surface area (Å²) in [5.74, 6) is -1.13. The maximum Gasteiger partial charge on any atom is 0.404 e. The largest absolute Gasteiger partial charge is 0.481 e. The van der Waals surface area contributed by atoms with Gasteiger partial charge >= 0.3 is 14.5 Å². The standard InChI is InChI=1S/C17H19ClO4Si.C2H4O2/c1-14(19)21-13-15(12-18)22-23(20,16-8-4-2-5-9-16)17-10-6-3-7-11-17;1-2(3)4/h2-11,15,20H,12-13H2,1H3;1H3,(H,3,4). The van der Waals surface area contributed by atoms with E-state index in [4.69, 9.17) is 30.7 Å². The van der Waals surface area contributed by atoms with Gasteiger partial charge in [-0.2, -0.15) is 0 Å². The number of ether oxygens (including phenoxy) is 1. The van der Waals surface area contributed by atoms with E-state index < -0.39 is 26.6 Å². The second kappa shape index (κ2) is 11.5. The van der Waals surface area contributed by atoms with Crippen LogP contribution >= 0.6 is 11.6 Å². The monoisotopic (exact) mass is 410 g/mol. The maximum atomic E-state index is 11.3. The molecule has 0 saturated carbocycles. The molecule has 27 heavy (non-hydrogen) atoms. The van der Waals surface area contributed by atoms with E-state index in [9.17, 15) is 9.59 Å². The van der Waals surface area contributed by atoms with Gasteiger partial charge in [0.1, 0.15) is 6.61 Å². The number of hydrogen-bond acceptors (Lipinski definition) is 5. The van der Waals surface area contributed by atoms with E-state index in [1.54, 1.807) is 0 Å². The van der Waals surface area contributed by atoms with Gasteiger partial charge in [0.15, 0.2) is 0 Å². The fraction of sp³-hybridized carbons (Fsp3) is 0.263. The molecule has 0 bridgehead atoms. The zero-order valence-electron chi connectivity index (χ0n) is 15.2. The minimum atomic E-state index is -3.43. The molecular formula is C19H23ClO6Si. The van der Waals surface area contributed by atoms with Gasteiger partial charge in [-0.05, 0) is 10.4 Å². The molecule has 0 fully saturated rings. The van der Waals surface area contributed by atoms with Crippen LogP contribution in [0.15, 0.2) is 60.7 Å². The molecule has 0 aliphatic heterocycles. The zero-order valence-corrected chi connectivity index (χ0v) is 16.9. The van der Waals surface area contributed by atoms with Crippen LogP contribution in [-0.4, -0.2) is 49.0 Å². The molecular weight excluding hydrogens is 388 g/mol. The number of esters is 1. The first-order valence-electron chi connectivity index (χ1n) is 8.19. The lowest BCUT2D eigenvalue weighted by Crippen LogP contribution is -2.63. The van der Waals surface area contributed by atoms with Gasteiger partial charge in [-0.15, -0.1) is 11.6 Å². The van der Waals surface area contributed by atoms with Crippen LogP contribution in [0.25, 0.3) is 0 Å². The number of carboxylic acid groups (broad SMARTS) is 1. The topological polar surface area (TPSA) is 93.1 Å². The SMILES string of the molecule is CC(=O)O.CC(=O)OCC(CCl)O[Si](O)(c1ccccc1)c1ccccc1. The van der Waals surface area contributed by atoms with Gasteiger partial charge in [0.05, 0.1) is 12.0 Å². The Kier molecular flexibility index (Phi) is 9.74. The Morgan fingerprint density at radius 1 is 1.00 bits per heavy atom. The second-order valence-electron chi connectivity index (χ2n) is 5.59. The van der Waals surface area contributed by atoms with Crippen LogP contribution in [0.3, 0.4) is 0 Å². The van der Waals surface area contributed by atoms with E-state index in [1.807, 2.05) is 60.7 Å². The van der Waals surface area contributed by atoms with Crippen LogP contribution in [0.5, 0.6) is 0 Å². The minimum absolute atomic E-state index is 0.00775. The van der Waals surface area contributed by atoms with Gasteiger partial charge in [-0.3, -0.25) is 9.59 Å². The van der Waals surface area contributed by atoms with Crippen molar-refractivity contribution in [3.63, 3.8) is 0 Å². The predicted octanol–water partition coefficient (Wildman–Crippen LogP) is 1.51. The smallest absolute Gasteiger partial charge is 0.404 e. The summed E-state index contributed by atoms with van der Waals surface area (Å²) in [6.45, 7) is 2.41. The summed E-state index contributed by atoms with van der Waals surface area (Å²) < 4.78 is 11.0. The summed E-state index contributed by atoms with van der Waals surface area (Å²) >= 11 is 5.93. The molecule has 146 valence electrons. The average Bonchev–Trinajstić information content (AvgIpc) is 2.66. The quantitative estimate of drug-likeness (QED) is 0.408. The number of benzene rings is 2. The summed E-state index contributed by atoms with van der Waals surface area (Å²) in [7, 11) is -3.43. The van der Waals surface area contributed by atoms with Crippen LogP contribution < -0.4 is 10.4 Å². The van der Waals surface area contributed by atoms with Crippen molar-refractivity contribution in [2.45, 2.75) is 20.0 Å². The fourth-order valence-corrected chi connectivity index (χ4v) is 4.98.